The molecular weight excluding hydrogens is 354 g/mol. The number of benzene rings is 2. The van der Waals surface area contributed by atoms with Crippen LogP contribution < -0.4 is 10.6 Å². The molecule has 2 rings (SSSR count). The van der Waals surface area contributed by atoms with Crippen molar-refractivity contribution < 1.29 is 8.42 Å². The monoisotopic (exact) mass is 377 g/mol. The highest BCUT2D eigenvalue weighted by Crippen LogP contribution is 2.23. The Morgan fingerprint density at radius 3 is 2.24 bits per heavy atom. The maximum atomic E-state index is 12.4. The summed E-state index contributed by atoms with van der Waals surface area (Å²) in [6.45, 7) is 5.78. The molecule has 2 N–H and O–H groups in total. The van der Waals surface area contributed by atoms with E-state index in [9.17, 15) is 8.42 Å². The summed E-state index contributed by atoms with van der Waals surface area (Å²) in [5, 5.41) is 6.62. The van der Waals surface area contributed by atoms with Crippen molar-refractivity contribution in [3.63, 3.8) is 0 Å². The molecule has 5 nitrogen and oxygen atoms in total. The third-order valence-electron chi connectivity index (χ3n) is 3.85. The van der Waals surface area contributed by atoms with Crippen molar-refractivity contribution in [3.8, 4) is 0 Å². The van der Waals surface area contributed by atoms with Gasteiger partial charge in [0.05, 0.1) is 4.90 Å². The highest BCUT2D eigenvalue weighted by atomic mass is 32.2. The largest absolute Gasteiger partial charge is 0.332 e. The predicted octanol–water partition coefficient (Wildman–Crippen LogP) is 3.67. The highest BCUT2D eigenvalue weighted by molar-refractivity contribution is 7.89. The van der Waals surface area contributed by atoms with Gasteiger partial charge in [-0.3, -0.25) is 0 Å². The number of anilines is 2. The van der Waals surface area contributed by atoms with Crippen LogP contribution >= 0.6 is 12.2 Å². The minimum absolute atomic E-state index is 0.261. The molecule has 0 aliphatic carbocycles. The lowest BCUT2D eigenvalue weighted by molar-refractivity contribution is 0.520. The average molecular weight is 378 g/mol. The van der Waals surface area contributed by atoms with Gasteiger partial charge in [-0.2, -0.15) is 0 Å². The molecule has 0 heterocycles. The fourth-order valence-corrected chi connectivity index (χ4v) is 3.68. The second kappa shape index (κ2) is 7.51. The zero-order valence-corrected chi connectivity index (χ0v) is 16.7. The van der Waals surface area contributed by atoms with E-state index in [4.69, 9.17) is 12.2 Å². The highest BCUT2D eigenvalue weighted by Gasteiger charge is 2.20. The molecule has 0 amide bonds. The van der Waals surface area contributed by atoms with Gasteiger partial charge in [-0.25, -0.2) is 12.7 Å². The lowest BCUT2D eigenvalue weighted by Crippen LogP contribution is -2.24. The predicted molar refractivity (Wildman–Crippen MR) is 108 cm³/mol. The quantitative estimate of drug-likeness (QED) is 0.796. The number of aryl methyl sites for hydroxylation is 3. The van der Waals surface area contributed by atoms with E-state index < -0.39 is 10.0 Å². The molecule has 0 aliphatic rings. The number of hydrogen-bond donors (Lipinski definition) is 2. The van der Waals surface area contributed by atoms with Crippen molar-refractivity contribution in [2.75, 3.05) is 24.7 Å². The Hall–Kier alpha value is -1.96. The Morgan fingerprint density at radius 1 is 0.960 bits per heavy atom. The Balaban J connectivity index is 2.23. The zero-order chi connectivity index (χ0) is 18.8. The van der Waals surface area contributed by atoms with Crippen LogP contribution in [0.5, 0.6) is 0 Å². The third kappa shape index (κ3) is 4.56. The minimum atomic E-state index is -3.51. The summed E-state index contributed by atoms with van der Waals surface area (Å²) in [5.41, 5.74) is 4.44. The molecule has 2 aromatic carbocycles. The normalized spacial score (nSPS) is 11.4. The molecule has 0 aliphatic heterocycles. The molecule has 2 aromatic rings. The number of sulfonamides is 1. The maximum Gasteiger partial charge on any atom is 0.242 e. The van der Waals surface area contributed by atoms with Crippen LogP contribution in [-0.4, -0.2) is 31.9 Å². The van der Waals surface area contributed by atoms with E-state index in [2.05, 4.69) is 10.6 Å². The molecule has 0 aromatic heterocycles. The fourth-order valence-electron chi connectivity index (χ4n) is 2.31. The minimum Gasteiger partial charge on any atom is -0.332 e. The van der Waals surface area contributed by atoms with E-state index in [1.165, 1.54) is 18.4 Å². The molecule has 0 saturated heterocycles. The van der Waals surface area contributed by atoms with Crippen molar-refractivity contribution >= 4 is 38.7 Å². The second-order valence-corrected chi connectivity index (χ2v) is 8.69. The van der Waals surface area contributed by atoms with Gasteiger partial charge in [0.15, 0.2) is 5.11 Å². The standard InChI is InChI=1S/C18H23N3O2S2/c1-12-6-7-13(2)16(10-12)20-18(24)19-15-9-8-14(3)17(11-15)25(22,23)21(4)5/h6-11H,1-5H3,(H2,19,20,24). The lowest BCUT2D eigenvalue weighted by Gasteiger charge is -2.16. The van der Waals surface area contributed by atoms with Gasteiger partial charge in [0.25, 0.3) is 0 Å². The number of nitrogens with zero attached hydrogens (tertiary/aromatic N) is 1. The molecule has 0 bridgehead atoms. The van der Waals surface area contributed by atoms with Gasteiger partial charge in [-0.1, -0.05) is 18.2 Å². The third-order valence-corrected chi connectivity index (χ3v) is 6.01. The first kappa shape index (κ1) is 19.4. The SMILES string of the molecule is Cc1ccc(C)c(NC(=S)Nc2ccc(C)c(S(=O)(=O)N(C)C)c2)c1. The molecule has 0 spiro atoms. The molecule has 0 fully saturated rings. The van der Waals surface area contributed by atoms with Gasteiger partial charge in [0.2, 0.25) is 10.0 Å². The topological polar surface area (TPSA) is 61.4 Å². The van der Waals surface area contributed by atoms with E-state index in [0.717, 1.165) is 16.8 Å². The molecule has 0 unspecified atom stereocenters. The fraction of sp³-hybridized carbons (Fsp3) is 0.278. The van der Waals surface area contributed by atoms with Crippen LogP contribution in [0.4, 0.5) is 11.4 Å². The first-order valence-corrected chi connectivity index (χ1v) is 9.64. The Morgan fingerprint density at radius 2 is 1.60 bits per heavy atom. The lowest BCUT2D eigenvalue weighted by atomic mass is 10.1. The van der Waals surface area contributed by atoms with Crippen LogP contribution in [0.15, 0.2) is 41.3 Å². The van der Waals surface area contributed by atoms with Gasteiger partial charge < -0.3 is 10.6 Å². The summed E-state index contributed by atoms with van der Waals surface area (Å²) >= 11 is 5.36. The van der Waals surface area contributed by atoms with E-state index in [1.807, 2.05) is 32.0 Å². The molecule has 0 atom stereocenters. The molecular formula is C18H23N3O2S2. The summed E-state index contributed by atoms with van der Waals surface area (Å²) in [6, 6.07) is 11.2. The average Bonchev–Trinajstić information content (AvgIpc) is 2.52. The van der Waals surface area contributed by atoms with Crippen LogP contribution in [0.2, 0.25) is 0 Å². The molecule has 0 saturated carbocycles. The number of nitrogens with one attached hydrogen (secondary N) is 2. The summed E-state index contributed by atoms with van der Waals surface area (Å²) in [5.74, 6) is 0. The van der Waals surface area contributed by atoms with Crippen LogP contribution in [-0.2, 0) is 10.0 Å². The second-order valence-electron chi connectivity index (χ2n) is 6.17. The van der Waals surface area contributed by atoms with Crippen LogP contribution in [0.1, 0.15) is 16.7 Å². The summed E-state index contributed by atoms with van der Waals surface area (Å²) in [6.07, 6.45) is 0. The summed E-state index contributed by atoms with van der Waals surface area (Å²) in [4.78, 5) is 0.261. The maximum absolute atomic E-state index is 12.4. The Kier molecular flexibility index (Phi) is 5.82. The van der Waals surface area contributed by atoms with Crippen molar-refractivity contribution in [1.29, 1.82) is 0 Å². The van der Waals surface area contributed by atoms with Crippen molar-refractivity contribution in [3.05, 3.63) is 53.1 Å². The van der Waals surface area contributed by atoms with Crippen LogP contribution in [0.3, 0.4) is 0 Å². The Labute approximate surface area is 155 Å². The first-order valence-electron chi connectivity index (χ1n) is 7.79. The first-order chi connectivity index (χ1) is 11.6. The van der Waals surface area contributed by atoms with Crippen molar-refractivity contribution in [1.82, 2.24) is 4.31 Å². The molecule has 25 heavy (non-hydrogen) atoms. The van der Waals surface area contributed by atoms with Crippen molar-refractivity contribution in [2.24, 2.45) is 0 Å². The van der Waals surface area contributed by atoms with Gasteiger partial charge in [-0.05, 0) is 67.9 Å². The summed E-state index contributed by atoms with van der Waals surface area (Å²) in [7, 11) is -0.477. The van der Waals surface area contributed by atoms with E-state index >= 15 is 0 Å². The van der Waals surface area contributed by atoms with Gasteiger partial charge in [-0.15, -0.1) is 0 Å². The number of rotatable bonds is 4. The van der Waals surface area contributed by atoms with E-state index in [-0.39, 0.29) is 4.90 Å². The van der Waals surface area contributed by atoms with Gasteiger partial charge >= 0.3 is 0 Å². The van der Waals surface area contributed by atoms with Gasteiger partial charge in [0, 0.05) is 25.5 Å². The summed E-state index contributed by atoms with van der Waals surface area (Å²) < 4.78 is 26.0. The van der Waals surface area contributed by atoms with Crippen molar-refractivity contribution in [2.45, 2.75) is 25.7 Å². The van der Waals surface area contributed by atoms with E-state index in [1.54, 1.807) is 25.1 Å². The molecule has 7 heteroatoms. The van der Waals surface area contributed by atoms with Crippen LogP contribution in [0, 0.1) is 20.8 Å². The molecule has 134 valence electrons. The smallest absolute Gasteiger partial charge is 0.242 e. The van der Waals surface area contributed by atoms with Gasteiger partial charge in [0.1, 0.15) is 0 Å². The van der Waals surface area contributed by atoms with E-state index in [0.29, 0.717) is 16.4 Å². The number of thiocarbonyl (C=S) groups is 1. The Bertz CT molecular complexity index is 907. The van der Waals surface area contributed by atoms with Crippen LogP contribution in [0.25, 0.3) is 0 Å². The number of hydrogen-bond acceptors (Lipinski definition) is 3. The zero-order valence-electron chi connectivity index (χ0n) is 15.0. The molecule has 0 radical (unpaired) electrons.